The summed E-state index contributed by atoms with van der Waals surface area (Å²) in [5, 5.41) is 4.82. The van der Waals surface area contributed by atoms with Crippen molar-refractivity contribution in [3.05, 3.63) is 231 Å². The normalized spacial score (nSPS) is 11.5. The van der Waals surface area contributed by atoms with Crippen LogP contribution in [0.1, 0.15) is 0 Å². The number of benzene rings is 9. The highest BCUT2D eigenvalue weighted by Gasteiger charge is 2.23. The molecule has 0 aliphatic carbocycles. The third-order valence-electron chi connectivity index (χ3n) is 12.1. The molecule has 9 aromatic carbocycles. The second-order valence-electron chi connectivity index (χ2n) is 15.8. The van der Waals surface area contributed by atoms with Crippen molar-refractivity contribution in [2.45, 2.75) is 0 Å². The maximum absolute atomic E-state index is 5.30. The van der Waals surface area contributed by atoms with Gasteiger partial charge in [-0.25, -0.2) is 9.97 Å². The highest BCUT2D eigenvalue weighted by molar-refractivity contribution is 6.24. The van der Waals surface area contributed by atoms with Crippen LogP contribution >= 0.6 is 0 Å². The number of rotatable bonds is 7. The van der Waals surface area contributed by atoms with Gasteiger partial charge in [0.1, 0.15) is 0 Å². The molecule has 0 radical (unpaired) electrons. The van der Waals surface area contributed by atoms with Gasteiger partial charge in [0.05, 0.1) is 39.1 Å². The van der Waals surface area contributed by atoms with Gasteiger partial charge < -0.3 is 9.13 Å². The van der Waals surface area contributed by atoms with Crippen LogP contribution in [-0.4, -0.2) is 19.1 Å². The highest BCUT2D eigenvalue weighted by Crippen LogP contribution is 2.43. The first-order valence-corrected chi connectivity index (χ1v) is 21.1. The molecular weight excluding hydrogens is 753 g/mol. The van der Waals surface area contributed by atoms with Crippen molar-refractivity contribution in [1.29, 1.82) is 0 Å². The number of hydrogen-bond acceptors (Lipinski definition) is 2. The molecule has 3 aromatic heterocycles. The van der Waals surface area contributed by atoms with Gasteiger partial charge in [-0.1, -0.05) is 194 Å². The minimum absolute atomic E-state index is 0.673. The van der Waals surface area contributed by atoms with Gasteiger partial charge in [-0.2, -0.15) is 0 Å². The number of hydrogen-bond donors (Lipinski definition) is 0. The lowest BCUT2D eigenvalue weighted by Crippen LogP contribution is -2.01. The summed E-state index contributed by atoms with van der Waals surface area (Å²) in [5.74, 6) is 0.673. The van der Waals surface area contributed by atoms with E-state index < -0.39 is 0 Å². The lowest BCUT2D eigenvalue weighted by Gasteiger charge is -2.16. The molecule has 0 N–H and O–H groups in total. The molecular formula is C58H38N4. The van der Waals surface area contributed by atoms with Crippen molar-refractivity contribution in [1.82, 2.24) is 19.1 Å². The second kappa shape index (κ2) is 14.7. The topological polar surface area (TPSA) is 35.6 Å². The third-order valence-corrected chi connectivity index (χ3v) is 12.1. The average molecular weight is 791 g/mol. The van der Waals surface area contributed by atoms with Crippen molar-refractivity contribution >= 4 is 43.6 Å². The summed E-state index contributed by atoms with van der Waals surface area (Å²) in [6, 6.07) is 82.1. The van der Waals surface area contributed by atoms with E-state index in [-0.39, 0.29) is 0 Å². The standard InChI is InChI=1S/C58H38N4/c1-4-17-39(18-5-1)40-31-33-43(34-32-40)52-38-51(42-21-8-3-9-22-42)59-58(60-52)44-23-16-24-45(37-44)61-54-29-14-11-26-47(54)49-35-36-50-48-27-12-15-30-55(48)62(57(50)56(49)61)53-28-13-10-25-46(53)41-19-6-2-7-20-41/h1-38H. The Morgan fingerprint density at radius 1 is 0.290 bits per heavy atom. The Hall–Kier alpha value is -8.34. The van der Waals surface area contributed by atoms with Crippen LogP contribution < -0.4 is 0 Å². The molecule has 0 aliphatic rings. The van der Waals surface area contributed by atoms with Crippen LogP contribution in [0.4, 0.5) is 0 Å². The largest absolute Gasteiger partial charge is 0.307 e. The Labute approximate surface area is 359 Å². The zero-order valence-corrected chi connectivity index (χ0v) is 33.7. The van der Waals surface area contributed by atoms with Crippen LogP contribution in [0.3, 0.4) is 0 Å². The van der Waals surface area contributed by atoms with Gasteiger partial charge in [-0.15, -0.1) is 0 Å². The van der Waals surface area contributed by atoms with Crippen molar-refractivity contribution in [2.75, 3.05) is 0 Å². The molecule has 0 amide bonds. The fourth-order valence-corrected chi connectivity index (χ4v) is 9.28. The number of aromatic nitrogens is 4. The van der Waals surface area contributed by atoms with Gasteiger partial charge in [0, 0.05) is 49.5 Å². The van der Waals surface area contributed by atoms with Gasteiger partial charge >= 0.3 is 0 Å². The maximum atomic E-state index is 5.30. The average Bonchev–Trinajstić information content (AvgIpc) is 3.88. The molecule has 0 unspecified atom stereocenters. The van der Waals surface area contributed by atoms with E-state index in [4.69, 9.17) is 9.97 Å². The van der Waals surface area contributed by atoms with E-state index in [1.54, 1.807) is 0 Å². The minimum Gasteiger partial charge on any atom is -0.307 e. The summed E-state index contributed by atoms with van der Waals surface area (Å²) in [5.41, 5.74) is 16.3. The molecule has 12 aromatic rings. The maximum Gasteiger partial charge on any atom is 0.160 e. The molecule has 0 aliphatic heterocycles. The van der Waals surface area contributed by atoms with Gasteiger partial charge in [0.25, 0.3) is 0 Å². The molecule has 4 nitrogen and oxygen atoms in total. The quantitative estimate of drug-likeness (QED) is 0.161. The molecule has 0 bridgehead atoms. The van der Waals surface area contributed by atoms with Crippen LogP contribution in [0.15, 0.2) is 231 Å². The molecule has 290 valence electrons. The van der Waals surface area contributed by atoms with Gasteiger partial charge in [-0.3, -0.25) is 0 Å². The molecule has 4 heteroatoms. The first-order chi connectivity index (χ1) is 30.8. The number of para-hydroxylation sites is 3. The zero-order chi connectivity index (χ0) is 41.0. The number of fused-ring (bicyclic) bond motifs is 7. The minimum atomic E-state index is 0.673. The Balaban J connectivity index is 1.09. The van der Waals surface area contributed by atoms with Crippen LogP contribution in [0.5, 0.6) is 0 Å². The Kier molecular flexibility index (Phi) is 8.46. The summed E-state index contributed by atoms with van der Waals surface area (Å²) in [6.07, 6.45) is 0. The third kappa shape index (κ3) is 5.92. The van der Waals surface area contributed by atoms with Crippen molar-refractivity contribution in [2.24, 2.45) is 0 Å². The van der Waals surface area contributed by atoms with Crippen LogP contribution in [0, 0.1) is 0 Å². The summed E-state index contributed by atoms with van der Waals surface area (Å²) in [7, 11) is 0. The van der Waals surface area contributed by atoms with Crippen molar-refractivity contribution in [3.63, 3.8) is 0 Å². The first kappa shape index (κ1) is 35.6. The lowest BCUT2D eigenvalue weighted by molar-refractivity contribution is 1.14. The van der Waals surface area contributed by atoms with Gasteiger partial charge in [-0.05, 0) is 53.1 Å². The summed E-state index contributed by atoms with van der Waals surface area (Å²) in [4.78, 5) is 10.6. The fraction of sp³-hybridized carbons (Fsp3) is 0. The van der Waals surface area contributed by atoms with E-state index in [0.29, 0.717) is 5.82 Å². The second-order valence-corrected chi connectivity index (χ2v) is 15.8. The lowest BCUT2D eigenvalue weighted by atomic mass is 10.0. The van der Waals surface area contributed by atoms with E-state index in [2.05, 4.69) is 228 Å². The Bertz CT molecular complexity index is 3600. The van der Waals surface area contributed by atoms with E-state index in [0.717, 1.165) is 56.0 Å². The van der Waals surface area contributed by atoms with Crippen molar-refractivity contribution in [3.8, 4) is 67.5 Å². The highest BCUT2D eigenvalue weighted by atomic mass is 15.0. The van der Waals surface area contributed by atoms with E-state index in [9.17, 15) is 0 Å². The molecule has 0 spiro atoms. The predicted octanol–water partition coefficient (Wildman–Crippen LogP) is 15.0. The SMILES string of the molecule is c1ccc(-c2ccc(-c3cc(-c4ccccc4)nc(-c4cccc(-n5c6ccccc6c6ccc7c8ccccc8n(-c8ccccc8-c8ccccc8)c7c65)c4)n3)cc2)cc1. The van der Waals surface area contributed by atoms with E-state index in [1.165, 1.54) is 49.3 Å². The predicted molar refractivity (Wildman–Crippen MR) is 258 cm³/mol. The molecule has 12 rings (SSSR count). The summed E-state index contributed by atoms with van der Waals surface area (Å²) < 4.78 is 4.93. The Morgan fingerprint density at radius 3 is 1.42 bits per heavy atom. The van der Waals surface area contributed by atoms with E-state index >= 15 is 0 Å². The first-order valence-electron chi connectivity index (χ1n) is 21.1. The molecule has 0 saturated carbocycles. The molecule has 0 atom stereocenters. The van der Waals surface area contributed by atoms with Crippen LogP contribution in [-0.2, 0) is 0 Å². The Morgan fingerprint density at radius 2 is 0.758 bits per heavy atom. The summed E-state index contributed by atoms with van der Waals surface area (Å²) >= 11 is 0. The zero-order valence-electron chi connectivity index (χ0n) is 33.7. The van der Waals surface area contributed by atoms with Crippen LogP contribution in [0.2, 0.25) is 0 Å². The summed E-state index contributed by atoms with van der Waals surface area (Å²) in [6.45, 7) is 0. The van der Waals surface area contributed by atoms with Gasteiger partial charge in [0.2, 0.25) is 0 Å². The van der Waals surface area contributed by atoms with Gasteiger partial charge in [0.15, 0.2) is 5.82 Å². The van der Waals surface area contributed by atoms with Crippen molar-refractivity contribution < 1.29 is 0 Å². The number of nitrogens with zero attached hydrogens (tertiary/aromatic N) is 4. The molecule has 3 heterocycles. The smallest absolute Gasteiger partial charge is 0.160 e. The molecule has 0 saturated heterocycles. The van der Waals surface area contributed by atoms with Crippen LogP contribution in [0.25, 0.3) is 111 Å². The van der Waals surface area contributed by atoms with E-state index in [1.807, 2.05) is 12.1 Å². The molecule has 0 fully saturated rings. The molecule has 62 heavy (non-hydrogen) atoms. The monoisotopic (exact) mass is 790 g/mol. The fourth-order valence-electron chi connectivity index (χ4n) is 9.28.